The Bertz CT molecular complexity index is 1040. The van der Waals surface area contributed by atoms with E-state index in [1.54, 1.807) is 23.9 Å². The molecule has 27 heavy (non-hydrogen) atoms. The van der Waals surface area contributed by atoms with Crippen LogP contribution in [0.1, 0.15) is 29.5 Å². The van der Waals surface area contributed by atoms with Crippen molar-refractivity contribution in [2.75, 3.05) is 0 Å². The summed E-state index contributed by atoms with van der Waals surface area (Å²) in [5, 5.41) is 19.3. The molecule has 134 valence electrons. The molecule has 0 bridgehead atoms. The number of benzene rings is 3. The molecule has 4 heteroatoms. The van der Waals surface area contributed by atoms with Crippen molar-refractivity contribution < 1.29 is 15.0 Å². The smallest absolute Gasteiger partial charge is 0.303 e. The SMILES string of the molecule is O=C(O)CCC1=C(c2ccccc2)c2ccc(O)cc2Sc2ccccc21. The van der Waals surface area contributed by atoms with Crippen LogP contribution >= 0.6 is 11.8 Å². The molecule has 0 aliphatic carbocycles. The third-order valence-electron chi connectivity index (χ3n) is 4.62. The van der Waals surface area contributed by atoms with E-state index in [0.717, 1.165) is 37.6 Å². The van der Waals surface area contributed by atoms with Gasteiger partial charge in [-0.25, -0.2) is 0 Å². The van der Waals surface area contributed by atoms with E-state index in [0.29, 0.717) is 6.42 Å². The summed E-state index contributed by atoms with van der Waals surface area (Å²) in [6.45, 7) is 0. The lowest BCUT2D eigenvalue weighted by Gasteiger charge is -2.16. The van der Waals surface area contributed by atoms with E-state index in [2.05, 4.69) is 0 Å². The molecule has 2 N–H and O–H groups in total. The first-order valence-corrected chi connectivity index (χ1v) is 9.56. The number of aliphatic carboxylic acids is 1. The van der Waals surface area contributed by atoms with Crippen molar-refractivity contribution in [3.63, 3.8) is 0 Å². The molecule has 0 radical (unpaired) electrons. The number of carboxylic acids is 1. The number of aromatic hydroxyl groups is 1. The Morgan fingerprint density at radius 3 is 2.37 bits per heavy atom. The van der Waals surface area contributed by atoms with Crippen LogP contribution in [0, 0.1) is 0 Å². The standard InChI is InChI=1S/C23H18O3S/c24-16-10-11-19-21(14-16)27-20-9-5-4-8-17(20)18(12-13-22(25)26)23(19)15-6-2-1-3-7-15/h1-11,14,24H,12-13H2,(H,25,26). The van der Waals surface area contributed by atoms with Gasteiger partial charge in [-0.05, 0) is 58.5 Å². The van der Waals surface area contributed by atoms with Crippen LogP contribution < -0.4 is 0 Å². The van der Waals surface area contributed by atoms with E-state index in [9.17, 15) is 15.0 Å². The van der Waals surface area contributed by atoms with Crippen LogP contribution in [0.25, 0.3) is 11.1 Å². The van der Waals surface area contributed by atoms with Gasteiger partial charge < -0.3 is 10.2 Å². The Labute approximate surface area is 162 Å². The minimum absolute atomic E-state index is 0.0675. The molecule has 4 rings (SSSR count). The second kappa shape index (κ2) is 7.33. The first kappa shape index (κ1) is 17.4. The van der Waals surface area contributed by atoms with Crippen molar-refractivity contribution >= 4 is 28.9 Å². The van der Waals surface area contributed by atoms with Crippen LogP contribution in [0.2, 0.25) is 0 Å². The minimum Gasteiger partial charge on any atom is -0.508 e. The Kier molecular flexibility index (Phi) is 4.73. The van der Waals surface area contributed by atoms with Gasteiger partial charge in [0, 0.05) is 16.2 Å². The summed E-state index contributed by atoms with van der Waals surface area (Å²) in [7, 11) is 0. The topological polar surface area (TPSA) is 57.5 Å². The molecule has 1 aliphatic heterocycles. The van der Waals surface area contributed by atoms with Crippen LogP contribution in [-0.4, -0.2) is 16.2 Å². The molecule has 0 saturated carbocycles. The monoisotopic (exact) mass is 374 g/mol. The molecule has 1 heterocycles. The van der Waals surface area contributed by atoms with Crippen LogP contribution in [0.4, 0.5) is 0 Å². The van der Waals surface area contributed by atoms with Gasteiger partial charge in [0.15, 0.2) is 0 Å². The fourth-order valence-corrected chi connectivity index (χ4v) is 4.59. The van der Waals surface area contributed by atoms with Gasteiger partial charge in [0.2, 0.25) is 0 Å². The summed E-state index contributed by atoms with van der Waals surface area (Å²) < 4.78 is 0. The molecule has 1 aliphatic rings. The third-order valence-corrected chi connectivity index (χ3v) is 5.75. The lowest BCUT2D eigenvalue weighted by molar-refractivity contribution is -0.136. The highest BCUT2D eigenvalue weighted by molar-refractivity contribution is 7.99. The highest BCUT2D eigenvalue weighted by Crippen LogP contribution is 2.48. The predicted molar refractivity (Wildman–Crippen MR) is 108 cm³/mol. The number of phenols is 1. The molecule has 0 saturated heterocycles. The van der Waals surface area contributed by atoms with Crippen LogP contribution in [0.15, 0.2) is 82.6 Å². The average Bonchev–Trinajstić information content (AvgIpc) is 2.80. The zero-order valence-electron chi connectivity index (χ0n) is 14.6. The number of phenolic OH excluding ortho intramolecular Hbond substituents is 1. The van der Waals surface area contributed by atoms with Crippen LogP contribution in [-0.2, 0) is 4.79 Å². The van der Waals surface area contributed by atoms with Crippen LogP contribution in [0.5, 0.6) is 5.75 Å². The third kappa shape index (κ3) is 3.49. The van der Waals surface area contributed by atoms with Crippen molar-refractivity contribution in [2.24, 2.45) is 0 Å². The lowest BCUT2D eigenvalue weighted by atomic mass is 9.87. The van der Waals surface area contributed by atoms with E-state index >= 15 is 0 Å². The number of carboxylic acid groups (broad SMARTS) is 1. The van der Waals surface area contributed by atoms with Gasteiger partial charge in [0.05, 0.1) is 0 Å². The fraction of sp³-hybridized carbons (Fsp3) is 0.0870. The normalized spacial score (nSPS) is 12.9. The van der Waals surface area contributed by atoms with Gasteiger partial charge >= 0.3 is 5.97 Å². The molecule has 0 fully saturated rings. The molecule has 0 atom stereocenters. The van der Waals surface area contributed by atoms with Gasteiger partial charge in [0.25, 0.3) is 0 Å². The van der Waals surface area contributed by atoms with Gasteiger partial charge in [0.1, 0.15) is 5.75 Å². The molecular formula is C23H18O3S. The molecule has 3 aromatic carbocycles. The minimum atomic E-state index is -0.810. The van der Waals surface area contributed by atoms with Gasteiger partial charge in [-0.2, -0.15) is 0 Å². The molecule has 3 aromatic rings. The summed E-state index contributed by atoms with van der Waals surface area (Å²) >= 11 is 1.60. The largest absolute Gasteiger partial charge is 0.508 e. The maximum Gasteiger partial charge on any atom is 0.303 e. The maximum absolute atomic E-state index is 11.3. The van der Waals surface area contributed by atoms with Crippen molar-refractivity contribution in [3.05, 3.63) is 89.5 Å². The van der Waals surface area contributed by atoms with Gasteiger partial charge in [-0.1, -0.05) is 60.3 Å². The van der Waals surface area contributed by atoms with E-state index in [1.807, 2.05) is 60.7 Å². The first-order chi connectivity index (χ1) is 13.1. The highest BCUT2D eigenvalue weighted by atomic mass is 32.2. The second-order valence-corrected chi connectivity index (χ2v) is 7.48. The molecule has 0 unspecified atom stereocenters. The molecule has 0 aromatic heterocycles. The average molecular weight is 374 g/mol. The summed E-state index contributed by atoms with van der Waals surface area (Å²) in [6, 6.07) is 23.5. The van der Waals surface area contributed by atoms with Crippen molar-refractivity contribution in [1.82, 2.24) is 0 Å². The van der Waals surface area contributed by atoms with Crippen molar-refractivity contribution in [2.45, 2.75) is 22.6 Å². The zero-order valence-corrected chi connectivity index (χ0v) is 15.4. The molecule has 0 amide bonds. The van der Waals surface area contributed by atoms with E-state index in [-0.39, 0.29) is 12.2 Å². The molecular weight excluding hydrogens is 356 g/mol. The number of fused-ring (bicyclic) bond motifs is 2. The molecule has 3 nitrogen and oxygen atoms in total. The number of hydrogen-bond acceptors (Lipinski definition) is 3. The van der Waals surface area contributed by atoms with Crippen molar-refractivity contribution in [3.8, 4) is 5.75 Å². The fourth-order valence-electron chi connectivity index (χ4n) is 3.45. The Morgan fingerprint density at radius 1 is 0.852 bits per heavy atom. The Morgan fingerprint density at radius 2 is 1.59 bits per heavy atom. The number of hydrogen-bond donors (Lipinski definition) is 2. The zero-order chi connectivity index (χ0) is 18.8. The summed E-state index contributed by atoms with van der Waals surface area (Å²) in [5.74, 6) is -0.588. The summed E-state index contributed by atoms with van der Waals surface area (Å²) in [5.41, 5.74) is 5.17. The maximum atomic E-state index is 11.3. The quantitative estimate of drug-likeness (QED) is 0.617. The van der Waals surface area contributed by atoms with Crippen molar-refractivity contribution in [1.29, 1.82) is 0 Å². The first-order valence-electron chi connectivity index (χ1n) is 8.74. The lowest BCUT2D eigenvalue weighted by Crippen LogP contribution is -2.00. The van der Waals surface area contributed by atoms with Gasteiger partial charge in [-0.15, -0.1) is 0 Å². The van der Waals surface area contributed by atoms with Crippen LogP contribution in [0.3, 0.4) is 0 Å². The summed E-state index contributed by atoms with van der Waals surface area (Å²) in [4.78, 5) is 13.3. The van der Waals surface area contributed by atoms with E-state index in [4.69, 9.17) is 0 Å². The molecule has 0 spiro atoms. The Hall–Kier alpha value is -2.98. The second-order valence-electron chi connectivity index (χ2n) is 6.39. The van der Waals surface area contributed by atoms with E-state index in [1.165, 1.54) is 0 Å². The predicted octanol–water partition coefficient (Wildman–Crippen LogP) is 5.68. The number of carbonyl (C=O) groups is 1. The number of rotatable bonds is 4. The Balaban J connectivity index is 2.05. The van der Waals surface area contributed by atoms with Gasteiger partial charge in [-0.3, -0.25) is 4.79 Å². The summed E-state index contributed by atoms with van der Waals surface area (Å²) in [6.07, 6.45) is 0.509. The van der Waals surface area contributed by atoms with E-state index < -0.39 is 5.97 Å². The number of allylic oxidation sites excluding steroid dienone is 1. The highest BCUT2D eigenvalue weighted by Gasteiger charge is 2.24.